The summed E-state index contributed by atoms with van der Waals surface area (Å²) in [5.41, 5.74) is 3.87. The van der Waals surface area contributed by atoms with E-state index in [0.717, 1.165) is 18.9 Å². The number of hydrogen-bond donors (Lipinski definition) is 1. The van der Waals surface area contributed by atoms with Crippen molar-refractivity contribution in [3.8, 4) is 0 Å². The number of halogens is 4. The maximum atomic E-state index is 12.7. The molecule has 0 spiro atoms. The normalized spacial score (nSPS) is 16.6. The summed E-state index contributed by atoms with van der Waals surface area (Å²) in [6, 6.07) is 0.965. The molecule has 0 bridgehead atoms. The van der Waals surface area contributed by atoms with Crippen LogP contribution in [0.1, 0.15) is 18.4 Å². The van der Waals surface area contributed by atoms with Gasteiger partial charge < -0.3 is 10.6 Å². The van der Waals surface area contributed by atoms with E-state index in [-0.39, 0.29) is 11.0 Å². The molecule has 0 saturated carbocycles. The number of pyridine rings is 1. The van der Waals surface area contributed by atoms with Crippen LogP contribution in [0.25, 0.3) is 0 Å². The zero-order valence-electron chi connectivity index (χ0n) is 8.89. The number of alkyl halides is 3. The third-order valence-electron chi connectivity index (χ3n) is 2.73. The number of hydrogen-bond acceptors (Lipinski definition) is 3. The van der Waals surface area contributed by atoms with Gasteiger partial charge in [0.15, 0.2) is 5.15 Å². The highest BCUT2D eigenvalue weighted by Gasteiger charge is 2.35. The summed E-state index contributed by atoms with van der Waals surface area (Å²) in [4.78, 5) is 5.67. The minimum Gasteiger partial charge on any atom is -0.396 e. The molecule has 1 fully saturated rings. The lowest BCUT2D eigenvalue weighted by Gasteiger charge is -2.19. The van der Waals surface area contributed by atoms with Gasteiger partial charge in [-0.1, -0.05) is 11.6 Å². The molecule has 17 heavy (non-hydrogen) atoms. The van der Waals surface area contributed by atoms with E-state index in [4.69, 9.17) is 17.3 Å². The van der Waals surface area contributed by atoms with Crippen LogP contribution in [0.2, 0.25) is 5.15 Å². The number of nitrogen functional groups attached to an aromatic ring is 1. The second kappa shape index (κ2) is 4.25. The minimum atomic E-state index is -4.51. The second-order valence-electron chi connectivity index (χ2n) is 3.92. The van der Waals surface area contributed by atoms with Gasteiger partial charge in [0, 0.05) is 13.1 Å². The van der Waals surface area contributed by atoms with Crippen molar-refractivity contribution in [1.29, 1.82) is 0 Å². The Labute approximate surface area is 101 Å². The Kier molecular flexibility index (Phi) is 3.07. The fourth-order valence-corrected chi connectivity index (χ4v) is 2.04. The highest BCUT2D eigenvalue weighted by Crippen LogP contribution is 2.38. The van der Waals surface area contributed by atoms with E-state index in [1.54, 1.807) is 4.90 Å². The summed E-state index contributed by atoms with van der Waals surface area (Å²) in [6.07, 6.45) is -2.61. The summed E-state index contributed by atoms with van der Waals surface area (Å²) in [7, 11) is 0. The van der Waals surface area contributed by atoms with Crippen LogP contribution in [-0.4, -0.2) is 18.1 Å². The number of anilines is 2. The predicted molar refractivity (Wildman–Crippen MR) is 60.1 cm³/mol. The van der Waals surface area contributed by atoms with Gasteiger partial charge in [-0.2, -0.15) is 13.2 Å². The maximum absolute atomic E-state index is 12.7. The van der Waals surface area contributed by atoms with Crippen molar-refractivity contribution in [3.63, 3.8) is 0 Å². The zero-order chi connectivity index (χ0) is 12.6. The molecule has 1 aromatic heterocycles. The number of nitrogens with two attached hydrogens (primary N) is 1. The molecule has 1 aliphatic rings. The number of aromatic nitrogens is 1. The van der Waals surface area contributed by atoms with Gasteiger partial charge in [-0.3, -0.25) is 0 Å². The van der Waals surface area contributed by atoms with Gasteiger partial charge in [-0.15, -0.1) is 0 Å². The molecule has 0 aromatic carbocycles. The first kappa shape index (κ1) is 12.3. The summed E-state index contributed by atoms with van der Waals surface area (Å²) in [5.74, 6) is 0.244. The van der Waals surface area contributed by atoms with Gasteiger partial charge in [0.25, 0.3) is 0 Å². The van der Waals surface area contributed by atoms with Crippen LogP contribution in [0.3, 0.4) is 0 Å². The van der Waals surface area contributed by atoms with Crippen LogP contribution in [-0.2, 0) is 6.18 Å². The van der Waals surface area contributed by atoms with Crippen LogP contribution < -0.4 is 10.6 Å². The molecule has 0 radical (unpaired) electrons. The average Bonchev–Trinajstić information content (AvgIpc) is 2.73. The Morgan fingerprint density at radius 2 is 1.88 bits per heavy atom. The third kappa shape index (κ3) is 2.41. The minimum absolute atomic E-state index is 0.244. The summed E-state index contributed by atoms with van der Waals surface area (Å²) in [5, 5.41) is -0.290. The molecular weight excluding hydrogens is 255 g/mol. The fourth-order valence-electron chi connectivity index (χ4n) is 1.85. The average molecular weight is 266 g/mol. The Hall–Kier alpha value is -1.17. The summed E-state index contributed by atoms with van der Waals surface area (Å²) in [6.45, 7) is 1.40. The van der Waals surface area contributed by atoms with Crippen molar-refractivity contribution < 1.29 is 13.2 Å². The quantitative estimate of drug-likeness (QED) is 0.794. The molecule has 2 heterocycles. The molecule has 7 heteroatoms. The molecule has 1 aliphatic heterocycles. The van der Waals surface area contributed by atoms with E-state index in [0.29, 0.717) is 13.1 Å². The van der Waals surface area contributed by atoms with Crippen LogP contribution >= 0.6 is 11.6 Å². The van der Waals surface area contributed by atoms with E-state index in [2.05, 4.69) is 4.98 Å². The van der Waals surface area contributed by atoms with Crippen molar-refractivity contribution in [2.75, 3.05) is 23.7 Å². The summed E-state index contributed by atoms with van der Waals surface area (Å²) < 4.78 is 38.1. The maximum Gasteiger partial charge on any atom is 0.418 e. The van der Waals surface area contributed by atoms with E-state index in [1.165, 1.54) is 0 Å². The zero-order valence-corrected chi connectivity index (χ0v) is 9.65. The molecule has 0 aliphatic carbocycles. The number of rotatable bonds is 1. The van der Waals surface area contributed by atoms with E-state index >= 15 is 0 Å². The van der Waals surface area contributed by atoms with Crippen LogP contribution in [0.5, 0.6) is 0 Å². The Morgan fingerprint density at radius 1 is 1.29 bits per heavy atom. The van der Waals surface area contributed by atoms with Crippen LogP contribution in [0.4, 0.5) is 24.7 Å². The van der Waals surface area contributed by atoms with E-state index in [9.17, 15) is 13.2 Å². The molecular formula is C10H11ClF3N3. The van der Waals surface area contributed by atoms with Gasteiger partial charge in [-0.05, 0) is 18.9 Å². The lowest BCUT2D eigenvalue weighted by atomic mass is 10.2. The molecule has 2 N–H and O–H groups in total. The largest absolute Gasteiger partial charge is 0.418 e. The number of nitrogens with zero attached hydrogens (tertiary/aromatic N) is 2. The smallest absolute Gasteiger partial charge is 0.396 e. The Balaban J connectivity index is 2.45. The molecule has 0 atom stereocenters. The highest BCUT2D eigenvalue weighted by molar-refractivity contribution is 6.32. The molecule has 0 amide bonds. The first-order chi connectivity index (χ1) is 7.89. The topological polar surface area (TPSA) is 42.1 Å². The molecule has 1 saturated heterocycles. The van der Waals surface area contributed by atoms with Gasteiger partial charge in [0.05, 0.1) is 11.3 Å². The van der Waals surface area contributed by atoms with Crippen LogP contribution in [0.15, 0.2) is 6.07 Å². The van der Waals surface area contributed by atoms with Crippen molar-refractivity contribution in [1.82, 2.24) is 4.98 Å². The SMILES string of the molecule is Nc1c(C(F)(F)F)cc(N2CCCC2)nc1Cl. The Morgan fingerprint density at radius 3 is 2.41 bits per heavy atom. The van der Waals surface area contributed by atoms with Crippen LogP contribution in [0, 0.1) is 0 Å². The first-order valence-electron chi connectivity index (χ1n) is 5.18. The fraction of sp³-hybridized carbons (Fsp3) is 0.500. The summed E-state index contributed by atoms with van der Waals surface area (Å²) >= 11 is 5.64. The molecule has 1 aromatic rings. The highest BCUT2D eigenvalue weighted by atomic mass is 35.5. The molecule has 3 nitrogen and oxygen atoms in total. The molecule has 0 unspecified atom stereocenters. The third-order valence-corrected chi connectivity index (χ3v) is 3.02. The first-order valence-corrected chi connectivity index (χ1v) is 5.55. The van der Waals surface area contributed by atoms with Crippen molar-refractivity contribution in [2.45, 2.75) is 19.0 Å². The monoisotopic (exact) mass is 265 g/mol. The second-order valence-corrected chi connectivity index (χ2v) is 4.28. The molecule has 94 valence electrons. The predicted octanol–water partition coefficient (Wildman–Crippen LogP) is 2.94. The van der Waals surface area contributed by atoms with Gasteiger partial charge in [0.2, 0.25) is 0 Å². The molecule has 2 rings (SSSR count). The van der Waals surface area contributed by atoms with Crippen molar-refractivity contribution in [2.24, 2.45) is 0 Å². The standard InChI is InChI=1S/C10H11ClF3N3/c11-9-8(15)6(10(12,13)14)5-7(16-9)17-3-1-2-4-17/h5H,1-4,15H2. The van der Waals surface area contributed by atoms with Gasteiger partial charge in [-0.25, -0.2) is 4.98 Å². The lowest BCUT2D eigenvalue weighted by molar-refractivity contribution is -0.136. The van der Waals surface area contributed by atoms with Gasteiger partial charge >= 0.3 is 6.18 Å². The Bertz CT molecular complexity index is 428. The van der Waals surface area contributed by atoms with Gasteiger partial charge in [0.1, 0.15) is 5.82 Å². The van der Waals surface area contributed by atoms with E-state index < -0.39 is 17.4 Å². The van der Waals surface area contributed by atoms with Crippen molar-refractivity contribution >= 4 is 23.1 Å². The van der Waals surface area contributed by atoms with E-state index in [1.807, 2.05) is 0 Å². The lowest BCUT2D eigenvalue weighted by Crippen LogP contribution is -2.21. The van der Waals surface area contributed by atoms with Crippen molar-refractivity contribution in [3.05, 3.63) is 16.8 Å².